The number of benzene rings is 1. The molecule has 1 aliphatic heterocycles. The summed E-state index contributed by atoms with van der Waals surface area (Å²) in [4.78, 5) is 0. The van der Waals surface area contributed by atoms with Crippen molar-refractivity contribution >= 4 is 0 Å². The van der Waals surface area contributed by atoms with Crippen molar-refractivity contribution in [2.45, 2.75) is 6.10 Å². The van der Waals surface area contributed by atoms with E-state index in [1.54, 1.807) is 0 Å². The van der Waals surface area contributed by atoms with E-state index in [9.17, 15) is 0 Å². The van der Waals surface area contributed by atoms with Gasteiger partial charge in [0, 0.05) is 13.1 Å². The molecule has 0 amide bonds. The van der Waals surface area contributed by atoms with E-state index in [-0.39, 0.29) is 6.10 Å². The van der Waals surface area contributed by atoms with E-state index in [1.165, 1.54) is 5.56 Å². The Bertz CT molecular complexity index is 279. The van der Waals surface area contributed by atoms with Crippen LogP contribution in [-0.2, 0) is 4.74 Å². The number of nitrogens with one attached hydrogen (secondary N) is 1. The normalized spacial score (nSPS) is 23.0. The minimum absolute atomic E-state index is 0.183. The second-order valence-corrected chi connectivity index (χ2v) is 3.26. The Morgan fingerprint density at radius 1 is 1.38 bits per heavy atom. The van der Waals surface area contributed by atoms with Crippen LogP contribution in [-0.4, -0.2) is 19.7 Å². The lowest BCUT2D eigenvalue weighted by Crippen LogP contribution is -2.33. The van der Waals surface area contributed by atoms with Crippen LogP contribution < -0.4 is 5.32 Å². The molecule has 1 atom stereocenters. The molecule has 1 saturated heterocycles. The Morgan fingerprint density at radius 2 is 2.23 bits per heavy atom. The fourth-order valence-corrected chi connectivity index (χ4v) is 1.61. The molecule has 0 bridgehead atoms. The fraction of sp³-hybridized carbons (Fsp3) is 0.364. The average Bonchev–Trinajstić information content (AvgIpc) is 2.20. The third-order valence-corrected chi connectivity index (χ3v) is 2.33. The maximum absolute atomic E-state index is 5.64. The number of rotatable bonds is 1. The van der Waals surface area contributed by atoms with E-state index in [1.807, 2.05) is 18.2 Å². The number of hydrogen-bond acceptors (Lipinski definition) is 2. The first-order valence-corrected chi connectivity index (χ1v) is 4.61. The van der Waals surface area contributed by atoms with E-state index in [2.05, 4.69) is 18.3 Å². The predicted octanol–water partition coefficient (Wildman–Crippen LogP) is 1.53. The van der Waals surface area contributed by atoms with Crippen LogP contribution in [0, 0.1) is 6.92 Å². The van der Waals surface area contributed by atoms with Crippen molar-refractivity contribution in [3.8, 4) is 0 Å². The highest BCUT2D eigenvalue weighted by atomic mass is 16.5. The van der Waals surface area contributed by atoms with E-state index < -0.39 is 0 Å². The SMILES string of the molecule is [CH2]c1ccccc1C1CNCCO1. The third-order valence-electron chi connectivity index (χ3n) is 2.33. The van der Waals surface area contributed by atoms with Crippen molar-refractivity contribution in [1.82, 2.24) is 5.32 Å². The monoisotopic (exact) mass is 176 g/mol. The van der Waals surface area contributed by atoms with Crippen molar-refractivity contribution in [3.63, 3.8) is 0 Å². The van der Waals surface area contributed by atoms with Crippen LogP contribution in [0.1, 0.15) is 17.2 Å². The van der Waals surface area contributed by atoms with Gasteiger partial charge in [0.1, 0.15) is 0 Å². The molecule has 2 nitrogen and oxygen atoms in total. The quantitative estimate of drug-likeness (QED) is 0.700. The van der Waals surface area contributed by atoms with Gasteiger partial charge in [-0.2, -0.15) is 0 Å². The highest BCUT2D eigenvalue weighted by Gasteiger charge is 2.16. The molecule has 2 rings (SSSR count). The Balaban J connectivity index is 2.18. The molecule has 0 aliphatic carbocycles. The zero-order valence-electron chi connectivity index (χ0n) is 7.62. The lowest BCUT2D eigenvalue weighted by atomic mass is 10.0. The smallest absolute Gasteiger partial charge is 0.0952 e. The zero-order valence-corrected chi connectivity index (χ0v) is 7.62. The Kier molecular flexibility index (Phi) is 2.62. The predicted molar refractivity (Wildman–Crippen MR) is 52.5 cm³/mol. The van der Waals surface area contributed by atoms with Crippen LogP contribution in [0.2, 0.25) is 0 Å². The summed E-state index contributed by atoms with van der Waals surface area (Å²) >= 11 is 0. The number of morpholine rings is 1. The highest BCUT2D eigenvalue weighted by molar-refractivity contribution is 5.31. The Morgan fingerprint density at radius 3 is 2.92 bits per heavy atom. The molecule has 2 heteroatoms. The minimum atomic E-state index is 0.183. The summed E-state index contributed by atoms with van der Waals surface area (Å²) in [7, 11) is 0. The molecule has 0 aromatic heterocycles. The van der Waals surface area contributed by atoms with E-state index in [0.717, 1.165) is 25.3 Å². The van der Waals surface area contributed by atoms with E-state index >= 15 is 0 Å². The van der Waals surface area contributed by atoms with Gasteiger partial charge in [-0.1, -0.05) is 24.3 Å². The molecule has 1 N–H and O–H groups in total. The van der Waals surface area contributed by atoms with Gasteiger partial charge in [-0.3, -0.25) is 0 Å². The van der Waals surface area contributed by atoms with Gasteiger partial charge < -0.3 is 10.1 Å². The summed E-state index contributed by atoms with van der Waals surface area (Å²) in [5.41, 5.74) is 2.27. The Hall–Kier alpha value is -0.860. The van der Waals surface area contributed by atoms with Crippen LogP contribution >= 0.6 is 0 Å². The fourth-order valence-electron chi connectivity index (χ4n) is 1.61. The van der Waals surface area contributed by atoms with Gasteiger partial charge in [0.05, 0.1) is 12.7 Å². The first-order chi connectivity index (χ1) is 6.38. The molecule has 1 unspecified atom stereocenters. The molecule has 1 radical (unpaired) electrons. The maximum Gasteiger partial charge on any atom is 0.0952 e. The molecule has 1 aliphatic rings. The topological polar surface area (TPSA) is 21.3 Å². The largest absolute Gasteiger partial charge is 0.371 e. The molecule has 13 heavy (non-hydrogen) atoms. The summed E-state index contributed by atoms with van der Waals surface area (Å²) in [5, 5.41) is 3.31. The average molecular weight is 176 g/mol. The van der Waals surface area contributed by atoms with Crippen molar-refractivity contribution < 1.29 is 4.74 Å². The highest BCUT2D eigenvalue weighted by Crippen LogP contribution is 2.21. The van der Waals surface area contributed by atoms with Crippen molar-refractivity contribution in [2.75, 3.05) is 19.7 Å². The van der Waals surface area contributed by atoms with Crippen molar-refractivity contribution in [1.29, 1.82) is 0 Å². The summed E-state index contributed by atoms with van der Waals surface area (Å²) < 4.78 is 5.64. The van der Waals surface area contributed by atoms with Crippen LogP contribution in [0.15, 0.2) is 24.3 Å². The Labute approximate surface area is 78.9 Å². The second-order valence-electron chi connectivity index (χ2n) is 3.26. The minimum Gasteiger partial charge on any atom is -0.371 e. The van der Waals surface area contributed by atoms with Gasteiger partial charge in [-0.05, 0) is 18.1 Å². The summed E-state index contributed by atoms with van der Waals surface area (Å²) in [6.45, 7) is 6.63. The van der Waals surface area contributed by atoms with Crippen molar-refractivity contribution in [3.05, 3.63) is 42.3 Å². The molecule has 1 aromatic rings. The van der Waals surface area contributed by atoms with Gasteiger partial charge >= 0.3 is 0 Å². The number of ether oxygens (including phenoxy) is 1. The second kappa shape index (κ2) is 3.90. The van der Waals surface area contributed by atoms with E-state index in [4.69, 9.17) is 4.74 Å². The van der Waals surface area contributed by atoms with Crippen LogP contribution in [0.4, 0.5) is 0 Å². The maximum atomic E-state index is 5.64. The molecular weight excluding hydrogens is 162 g/mol. The molecule has 1 fully saturated rings. The summed E-state index contributed by atoms with van der Waals surface area (Å²) in [5.74, 6) is 0. The van der Waals surface area contributed by atoms with Gasteiger partial charge in [0.2, 0.25) is 0 Å². The molecule has 0 saturated carbocycles. The van der Waals surface area contributed by atoms with Crippen LogP contribution in [0.5, 0.6) is 0 Å². The molecule has 1 heterocycles. The lowest BCUT2D eigenvalue weighted by Gasteiger charge is -2.25. The van der Waals surface area contributed by atoms with Crippen molar-refractivity contribution in [2.24, 2.45) is 0 Å². The van der Waals surface area contributed by atoms with E-state index in [0.29, 0.717) is 0 Å². The van der Waals surface area contributed by atoms with Gasteiger partial charge in [-0.25, -0.2) is 0 Å². The standard InChI is InChI=1S/C11H14NO/c1-9-4-2-3-5-10(9)11-8-12-6-7-13-11/h2-5,11-12H,1,6-8H2. The molecule has 1 aromatic carbocycles. The molecular formula is C11H14NO. The third kappa shape index (κ3) is 1.90. The van der Waals surface area contributed by atoms with Crippen LogP contribution in [0.25, 0.3) is 0 Å². The van der Waals surface area contributed by atoms with Gasteiger partial charge in [0.25, 0.3) is 0 Å². The first kappa shape index (κ1) is 8.73. The first-order valence-electron chi connectivity index (χ1n) is 4.61. The van der Waals surface area contributed by atoms with Gasteiger partial charge in [0.15, 0.2) is 0 Å². The zero-order chi connectivity index (χ0) is 9.10. The number of hydrogen-bond donors (Lipinski definition) is 1. The summed E-state index contributed by atoms with van der Waals surface area (Å²) in [6.07, 6.45) is 0.183. The molecule has 0 spiro atoms. The van der Waals surface area contributed by atoms with Crippen LogP contribution in [0.3, 0.4) is 0 Å². The van der Waals surface area contributed by atoms with Gasteiger partial charge in [-0.15, -0.1) is 0 Å². The molecule has 69 valence electrons. The summed E-state index contributed by atoms with van der Waals surface area (Å²) in [6, 6.07) is 8.14. The lowest BCUT2D eigenvalue weighted by molar-refractivity contribution is 0.0275.